The molecule has 0 bridgehead atoms. The van der Waals surface area contributed by atoms with E-state index < -0.39 is 24.5 Å². The van der Waals surface area contributed by atoms with E-state index in [1.807, 2.05) is 6.92 Å². The van der Waals surface area contributed by atoms with Gasteiger partial charge in [-0.05, 0) is 12.2 Å². The number of thioether (sulfide) groups is 1. The van der Waals surface area contributed by atoms with E-state index in [0.29, 0.717) is 22.1 Å². The molecule has 2 aromatic heterocycles. The van der Waals surface area contributed by atoms with Crippen LogP contribution in [0.15, 0.2) is 11.5 Å². The minimum Gasteiger partial charge on any atom is -0.394 e. The van der Waals surface area contributed by atoms with Crippen LogP contribution in [0.3, 0.4) is 0 Å². The van der Waals surface area contributed by atoms with Crippen LogP contribution in [-0.2, 0) is 4.74 Å². The molecular formula is C18H29N5O4S. The molecule has 0 spiro atoms. The summed E-state index contributed by atoms with van der Waals surface area (Å²) in [5.74, 6) is 1.48. The van der Waals surface area contributed by atoms with E-state index in [2.05, 4.69) is 27.2 Å². The molecule has 1 fully saturated rings. The van der Waals surface area contributed by atoms with E-state index in [1.54, 1.807) is 4.57 Å². The second-order valence-corrected chi connectivity index (χ2v) is 8.06. The Morgan fingerprint density at radius 3 is 2.68 bits per heavy atom. The van der Waals surface area contributed by atoms with Gasteiger partial charge in [0.05, 0.1) is 12.9 Å². The van der Waals surface area contributed by atoms with Crippen LogP contribution in [0, 0.1) is 0 Å². The lowest BCUT2D eigenvalue weighted by Crippen LogP contribution is -2.33. The molecule has 0 aromatic carbocycles. The molecule has 0 saturated carbocycles. The van der Waals surface area contributed by atoms with Crippen LogP contribution in [0.2, 0.25) is 0 Å². The number of aliphatic hydroxyl groups is 3. The molecule has 4 N–H and O–H groups in total. The number of ether oxygens (including phenoxy) is 1. The number of anilines is 1. The summed E-state index contributed by atoms with van der Waals surface area (Å²) in [5.41, 5.74) is 1.12. The van der Waals surface area contributed by atoms with Gasteiger partial charge in [-0.3, -0.25) is 4.57 Å². The summed E-state index contributed by atoms with van der Waals surface area (Å²) in [6.07, 6.45) is 2.05. The molecule has 2 aromatic rings. The van der Waals surface area contributed by atoms with Gasteiger partial charge in [0.15, 0.2) is 28.4 Å². The monoisotopic (exact) mass is 411 g/mol. The Labute approximate surface area is 168 Å². The van der Waals surface area contributed by atoms with Gasteiger partial charge < -0.3 is 25.4 Å². The van der Waals surface area contributed by atoms with Gasteiger partial charge in [0.1, 0.15) is 18.3 Å². The van der Waals surface area contributed by atoms with Crippen molar-refractivity contribution in [1.29, 1.82) is 0 Å². The van der Waals surface area contributed by atoms with Crippen molar-refractivity contribution in [2.75, 3.05) is 24.2 Å². The molecule has 0 amide bonds. The highest BCUT2D eigenvalue weighted by atomic mass is 32.2. The lowest BCUT2D eigenvalue weighted by Gasteiger charge is -2.17. The summed E-state index contributed by atoms with van der Waals surface area (Å²) < 4.78 is 7.24. The quantitative estimate of drug-likeness (QED) is 0.262. The topological polar surface area (TPSA) is 126 Å². The summed E-state index contributed by atoms with van der Waals surface area (Å²) in [4.78, 5) is 13.6. The highest BCUT2D eigenvalue weighted by Gasteiger charge is 2.44. The predicted octanol–water partition coefficient (Wildman–Crippen LogP) is 1.54. The summed E-state index contributed by atoms with van der Waals surface area (Å²) in [6.45, 7) is 4.63. The van der Waals surface area contributed by atoms with Gasteiger partial charge in [0.2, 0.25) is 0 Å². The van der Waals surface area contributed by atoms with E-state index in [1.165, 1.54) is 30.9 Å². The molecule has 9 nitrogen and oxygen atoms in total. The number of nitrogens with one attached hydrogen (secondary N) is 1. The van der Waals surface area contributed by atoms with Gasteiger partial charge in [0.25, 0.3) is 0 Å². The van der Waals surface area contributed by atoms with Gasteiger partial charge in [-0.25, -0.2) is 15.0 Å². The zero-order valence-corrected chi connectivity index (χ0v) is 17.1. The predicted molar refractivity (Wildman–Crippen MR) is 107 cm³/mol. The van der Waals surface area contributed by atoms with Crippen LogP contribution < -0.4 is 5.32 Å². The molecule has 3 heterocycles. The van der Waals surface area contributed by atoms with Crippen LogP contribution in [0.25, 0.3) is 11.2 Å². The first kappa shape index (κ1) is 21.3. The van der Waals surface area contributed by atoms with Crippen LogP contribution in [0.4, 0.5) is 5.82 Å². The lowest BCUT2D eigenvalue weighted by atomic mass is 10.1. The number of unbranched alkanes of at least 4 members (excludes halogenated alkanes) is 3. The fraction of sp³-hybridized carbons (Fsp3) is 0.722. The van der Waals surface area contributed by atoms with E-state index >= 15 is 0 Å². The Kier molecular flexibility index (Phi) is 7.47. The molecule has 1 saturated heterocycles. The van der Waals surface area contributed by atoms with Crippen molar-refractivity contribution in [1.82, 2.24) is 19.5 Å². The van der Waals surface area contributed by atoms with Crippen molar-refractivity contribution in [3.8, 4) is 0 Å². The lowest BCUT2D eigenvalue weighted by molar-refractivity contribution is -0.0511. The summed E-state index contributed by atoms with van der Waals surface area (Å²) in [7, 11) is 0. The third-order valence-corrected chi connectivity index (χ3v) is 5.52. The molecule has 1 aliphatic rings. The minimum absolute atomic E-state index is 0.377. The molecular weight excluding hydrogens is 382 g/mol. The van der Waals surface area contributed by atoms with Crippen LogP contribution >= 0.6 is 11.8 Å². The van der Waals surface area contributed by atoms with Crippen molar-refractivity contribution in [2.24, 2.45) is 0 Å². The normalized spacial score (nSPS) is 24.9. The Bertz CT molecular complexity index is 774. The molecule has 4 atom stereocenters. The molecule has 156 valence electrons. The van der Waals surface area contributed by atoms with E-state index in [0.717, 1.165) is 25.1 Å². The van der Waals surface area contributed by atoms with Gasteiger partial charge in [-0.15, -0.1) is 0 Å². The highest BCUT2D eigenvalue weighted by Crippen LogP contribution is 2.33. The van der Waals surface area contributed by atoms with Gasteiger partial charge in [0, 0.05) is 6.54 Å². The summed E-state index contributed by atoms with van der Waals surface area (Å²) >= 11 is 1.52. The second kappa shape index (κ2) is 9.84. The van der Waals surface area contributed by atoms with E-state index in [4.69, 9.17) is 4.74 Å². The summed E-state index contributed by atoms with van der Waals surface area (Å²) in [6, 6.07) is 0. The fourth-order valence-electron chi connectivity index (χ4n) is 3.27. The van der Waals surface area contributed by atoms with Crippen molar-refractivity contribution >= 4 is 28.7 Å². The zero-order valence-electron chi connectivity index (χ0n) is 16.3. The number of hydrogen-bond donors (Lipinski definition) is 4. The zero-order chi connectivity index (χ0) is 20.1. The first-order chi connectivity index (χ1) is 13.6. The van der Waals surface area contributed by atoms with Crippen molar-refractivity contribution in [2.45, 2.75) is 69.2 Å². The van der Waals surface area contributed by atoms with Gasteiger partial charge in [-0.1, -0.05) is 44.9 Å². The average molecular weight is 412 g/mol. The summed E-state index contributed by atoms with van der Waals surface area (Å²) in [5, 5.41) is 33.7. The first-order valence-corrected chi connectivity index (χ1v) is 10.8. The van der Waals surface area contributed by atoms with Crippen LogP contribution in [0.1, 0.15) is 45.8 Å². The molecule has 10 heteroatoms. The van der Waals surface area contributed by atoms with E-state index in [-0.39, 0.29) is 6.61 Å². The van der Waals surface area contributed by atoms with E-state index in [9.17, 15) is 15.3 Å². The third-order valence-electron chi connectivity index (χ3n) is 4.79. The van der Waals surface area contributed by atoms with Crippen molar-refractivity contribution in [3.05, 3.63) is 6.33 Å². The SMILES string of the molecule is CCCCCCNc1nc(SCC)nc2c1ncn2[C@@H]1O[C@H](CO)[C@@H](O)[C@H]1O. The Morgan fingerprint density at radius 1 is 1.18 bits per heavy atom. The van der Waals surface area contributed by atoms with Gasteiger partial charge in [-0.2, -0.15) is 0 Å². The second-order valence-electron chi connectivity index (χ2n) is 6.83. The highest BCUT2D eigenvalue weighted by molar-refractivity contribution is 7.99. The molecule has 0 radical (unpaired) electrons. The molecule has 28 heavy (non-hydrogen) atoms. The maximum atomic E-state index is 10.4. The standard InChI is InChI=1S/C18H29N5O4S/c1-3-5-6-7-8-19-15-12-16(22-18(21-15)28-4-2)23(10-20-12)17-14(26)13(25)11(9-24)27-17/h10-11,13-14,17,24-26H,3-9H2,1-2H3,(H,19,21,22)/t11-,13-,14-,17-/m1/s1. The smallest absolute Gasteiger partial charge is 0.191 e. The van der Waals surface area contributed by atoms with Crippen LogP contribution in [-0.4, -0.2) is 72.1 Å². The third kappa shape index (κ3) is 4.41. The minimum atomic E-state index is -1.18. The Morgan fingerprint density at radius 2 is 2.00 bits per heavy atom. The number of nitrogens with zero attached hydrogens (tertiary/aromatic N) is 4. The molecule has 0 aliphatic carbocycles. The number of imidazole rings is 1. The Balaban J connectivity index is 1.89. The average Bonchev–Trinajstić information content (AvgIpc) is 3.23. The fourth-order valence-corrected chi connectivity index (χ4v) is 3.83. The number of aliphatic hydroxyl groups excluding tert-OH is 3. The number of hydrogen-bond acceptors (Lipinski definition) is 9. The van der Waals surface area contributed by atoms with Gasteiger partial charge >= 0.3 is 0 Å². The molecule has 0 unspecified atom stereocenters. The maximum absolute atomic E-state index is 10.4. The van der Waals surface area contributed by atoms with Crippen molar-refractivity contribution in [3.63, 3.8) is 0 Å². The molecule has 1 aliphatic heterocycles. The first-order valence-electron chi connectivity index (χ1n) is 9.84. The largest absolute Gasteiger partial charge is 0.394 e. The van der Waals surface area contributed by atoms with Crippen LogP contribution in [0.5, 0.6) is 0 Å². The number of aromatic nitrogens is 4. The van der Waals surface area contributed by atoms with Crippen molar-refractivity contribution < 1.29 is 20.1 Å². The number of fused-ring (bicyclic) bond motifs is 1. The molecule has 3 rings (SSSR count). The number of rotatable bonds is 10. The maximum Gasteiger partial charge on any atom is 0.191 e. The Hall–Kier alpha value is -1.46.